The number of hydrogen-bond donors (Lipinski definition) is 0. The summed E-state index contributed by atoms with van der Waals surface area (Å²) in [6.07, 6.45) is 0.376. The third kappa shape index (κ3) is 2.59. The smallest absolute Gasteiger partial charge is 0.310 e. The first-order valence-electron chi connectivity index (χ1n) is 4.86. The van der Waals surface area contributed by atoms with Gasteiger partial charge >= 0.3 is 5.97 Å². The Morgan fingerprint density at radius 1 is 1.36 bits per heavy atom. The van der Waals surface area contributed by atoms with Crippen molar-refractivity contribution in [3.63, 3.8) is 0 Å². The molecule has 76 valence electrons. The third-order valence-corrected chi connectivity index (χ3v) is 2.36. The first kappa shape index (κ1) is 10.8. The Morgan fingerprint density at radius 2 is 2.07 bits per heavy atom. The molecule has 2 nitrogen and oxygen atoms in total. The maximum absolute atomic E-state index is 11.3. The lowest BCUT2D eigenvalue weighted by Gasteiger charge is -2.07. The summed E-state index contributed by atoms with van der Waals surface area (Å²) in [5, 5.41) is 0. The summed E-state index contributed by atoms with van der Waals surface area (Å²) < 4.78 is 4.90. The van der Waals surface area contributed by atoms with Gasteiger partial charge in [-0.1, -0.05) is 18.2 Å². The second-order valence-electron chi connectivity index (χ2n) is 3.34. The van der Waals surface area contributed by atoms with Gasteiger partial charge in [-0.15, -0.1) is 0 Å². The van der Waals surface area contributed by atoms with Gasteiger partial charge in [0.05, 0.1) is 13.0 Å². The number of aryl methyl sites for hydroxylation is 1. The van der Waals surface area contributed by atoms with Crippen LogP contribution in [0.3, 0.4) is 0 Å². The van der Waals surface area contributed by atoms with E-state index in [2.05, 4.69) is 0 Å². The van der Waals surface area contributed by atoms with Gasteiger partial charge in [0.15, 0.2) is 0 Å². The first-order valence-corrected chi connectivity index (χ1v) is 4.86. The zero-order chi connectivity index (χ0) is 10.6. The summed E-state index contributed by atoms with van der Waals surface area (Å²) in [6, 6.07) is 5.99. The Labute approximate surface area is 84.9 Å². The molecule has 0 N–H and O–H groups in total. The van der Waals surface area contributed by atoms with Crippen molar-refractivity contribution in [1.29, 1.82) is 0 Å². The van der Waals surface area contributed by atoms with Crippen LogP contribution in [0.15, 0.2) is 18.2 Å². The van der Waals surface area contributed by atoms with E-state index in [0.717, 1.165) is 5.56 Å². The van der Waals surface area contributed by atoms with Crippen molar-refractivity contribution >= 4 is 5.97 Å². The second-order valence-corrected chi connectivity index (χ2v) is 3.34. The van der Waals surface area contributed by atoms with E-state index >= 15 is 0 Å². The number of esters is 1. The second kappa shape index (κ2) is 4.80. The molecular weight excluding hydrogens is 176 g/mol. The van der Waals surface area contributed by atoms with Crippen molar-refractivity contribution in [3.05, 3.63) is 34.9 Å². The van der Waals surface area contributed by atoms with Gasteiger partial charge in [-0.25, -0.2) is 0 Å². The monoisotopic (exact) mass is 192 g/mol. The van der Waals surface area contributed by atoms with Crippen LogP contribution in [-0.2, 0) is 16.0 Å². The highest BCUT2D eigenvalue weighted by Gasteiger charge is 2.06. The topological polar surface area (TPSA) is 26.3 Å². The van der Waals surface area contributed by atoms with Crippen molar-refractivity contribution in [2.45, 2.75) is 27.2 Å². The molecule has 1 rings (SSSR count). The van der Waals surface area contributed by atoms with Crippen LogP contribution in [0, 0.1) is 13.8 Å². The number of rotatable bonds is 3. The molecule has 1 aromatic rings. The van der Waals surface area contributed by atoms with Gasteiger partial charge in [-0.3, -0.25) is 4.79 Å². The fourth-order valence-electron chi connectivity index (χ4n) is 1.37. The van der Waals surface area contributed by atoms with Crippen molar-refractivity contribution < 1.29 is 9.53 Å². The lowest BCUT2D eigenvalue weighted by atomic mass is 10.0. The van der Waals surface area contributed by atoms with E-state index in [9.17, 15) is 4.79 Å². The molecule has 0 spiro atoms. The zero-order valence-corrected chi connectivity index (χ0v) is 8.96. The highest BCUT2D eigenvalue weighted by Crippen LogP contribution is 2.13. The van der Waals surface area contributed by atoms with E-state index in [1.54, 1.807) is 0 Å². The summed E-state index contributed by atoms with van der Waals surface area (Å²) in [5.41, 5.74) is 3.45. The van der Waals surface area contributed by atoms with Crippen LogP contribution < -0.4 is 0 Å². The lowest BCUT2D eigenvalue weighted by Crippen LogP contribution is -2.08. The van der Waals surface area contributed by atoms with E-state index < -0.39 is 0 Å². The molecule has 14 heavy (non-hydrogen) atoms. The molecule has 2 heteroatoms. The van der Waals surface area contributed by atoms with E-state index in [0.29, 0.717) is 13.0 Å². The van der Waals surface area contributed by atoms with Crippen LogP contribution in [0.5, 0.6) is 0 Å². The molecule has 0 heterocycles. The summed E-state index contributed by atoms with van der Waals surface area (Å²) in [7, 11) is 0. The molecule has 0 radical (unpaired) electrons. The molecule has 0 atom stereocenters. The number of ether oxygens (including phenoxy) is 1. The molecule has 0 saturated carbocycles. The molecule has 0 saturated heterocycles. The predicted octanol–water partition coefficient (Wildman–Crippen LogP) is 2.41. The Kier molecular flexibility index (Phi) is 3.69. The maximum atomic E-state index is 11.3. The minimum Gasteiger partial charge on any atom is -0.466 e. The molecule has 0 amide bonds. The van der Waals surface area contributed by atoms with Crippen molar-refractivity contribution in [2.24, 2.45) is 0 Å². The van der Waals surface area contributed by atoms with Crippen molar-refractivity contribution in [2.75, 3.05) is 6.61 Å². The Bertz CT molecular complexity index is 329. The van der Waals surface area contributed by atoms with E-state index in [1.807, 2.05) is 39.0 Å². The van der Waals surface area contributed by atoms with Gasteiger partial charge in [-0.2, -0.15) is 0 Å². The maximum Gasteiger partial charge on any atom is 0.310 e. The standard InChI is InChI=1S/C12H16O2/c1-4-14-12(13)8-11-7-5-6-9(2)10(11)3/h5-7H,4,8H2,1-3H3. The van der Waals surface area contributed by atoms with Crippen LogP contribution in [0.2, 0.25) is 0 Å². The fraction of sp³-hybridized carbons (Fsp3) is 0.417. The van der Waals surface area contributed by atoms with E-state index in [-0.39, 0.29) is 5.97 Å². The molecule has 0 aromatic heterocycles. The summed E-state index contributed by atoms with van der Waals surface area (Å²) in [4.78, 5) is 11.3. The molecule has 0 aliphatic carbocycles. The predicted molar refractivity (Wildman–Crippen MR) is 56.3 cm³/mol. The Morgan fingerprint density at radius 3 is 2.71 bits per heavy atom. The molecule has 0 aliphatic heterocycles. The minimum absolute atomic E-state index is 0.152. The summed E-state index contributed by atoms with van der Waals surface area (Å²) >= 11 is 0. The van der Waals surface area contributed by atoms with E-state index in [1.165, 1.54) is 11.1 Å². The largest absolute Gasteiger partial charge is 0.466 e. The molecule has 0 aliphatic rings. The number of carbonyl (C=O) groups is 1. The molecule has 0 unspecified atom stereocenters. The summed E-state index contributed by atoms with van der Waals surface area (Å²) in [5.74, 6) is -0.152. The average Bonchev–Trinajstić information content (AvgIpc) is 2.13. The van der Waals surface area contributed by atoms with Gasteiger partial charge in [0, 0.05) is 0 Å². The van der Waals surface area contributed by atoms with Gasteiger partial charge in [0.25, 0.3) is 0 Å². The number of carbonyl (C=O) groups excluding carboxylic acids is 1. The first-order chi connectivity index (χ1) is 6.65. The summed E-state index contributed by atoms with van der Waals surface area (Å²) in [6.45, 7) is 6.35. The van der Waals surface area contributed by atoms with Gasteiger partial charge in [-0.05, 0) is 37.5 Å². The number of benzene rings is 1. The van der Waals surface area contributed by atoms with Crippen LogP contribution in [-0.4, -0.2) is 12.6 Å². The van der Waals surface area contributed by atoms with Gasteiger partial charge in [0.1, 0.15) is 0 Å². The van der Waals surface area contributed by atoms with Gasteiger partial charge in [0.2, 0.25) is 0 Å². The zero-order valence-electron chi connectivity index (χ0n) is 8.96. The normalized spacial score (nSPS) is 9.93. The Balaban J connectivity index is 2.76. The van der Waals surface area contributed by atoms with Crippen LogP contribution in [0.4, 0.5) is 0 Å². The van der Waals surface area contributed by atoms with Crippen molar-refractivity contribution in [3.8, 4) is 0 Å². The Hall–Kier alpha value is -1.31. The molecule has 0 fully saturated rings. The lowest BCUT2D eigenvalue weighted by molar-refractivity contribution is -0.142. The fourth-order valence-corrected chi connectivity index (χ4v) is 1.37. The highest BCUT2D eigenvalue weighted by molar-refractivity contribution is 5.73. The SMILES string of the molecule is CCOC(=O)Cc1cccc(C)c1C. The van der Waals surface area contributed by atoms with Crippen LogP contribution >= 0.6 is 0 Å². The molecule has 0 bridgehead atoms. The van der Waals surface area contributed by atoms with Crippen LogP contribution in [0.25, 0.3) is 0 Å². The quantitative estimate of drug-likeness (QED) is 0.687. The van der Waals surface area contributed by atoms with Crippen molar-refractivity contribution in [1.82, 2.24) is 0 Å². The minimum atomic E-state index is -0.152. The van der Waals surface area contributed by atoms with Gasteiger partial charge < -0.3 is 4.74 Å². The third-order valence-electron chi connectivity index (χ3n) is 2.36. The highest BCUT2D eigenvalue weighted by atomic mass is 16.5. The molecule has 1 aromatic carbocycles. The molecular formula is C12H16O2. The van der Waals surface area contributed by atoms with E-state index in [4.69, 9.17) is 4.74 Å². The average molecular weight is 192 g/mol. The van der Waals surface area contributed by atoms with Crippen LogP contribution in [0.1, 0.15) is 23.6 Å². The number of hydrogen-bond acceptors (Lipinski definition) is 2.